The highest BCUT2D eigenvalue weighted by atomic mass is 35.5. The number of nitriles is 1. The van der Waals surface area contributed by atoms with Crippen LogP contribution in [0.3, 0.4) is 0 Å². The highest BCUT2D eigenvalue weighted by Gasteiger charge is 2.32. The Balaban J connectivity index is 1.41. The van der Waals surface area contributed by atoms with Crippen molar-refractivity contribution >= 4 is 28.5 Å². The van der Waals surface area contributed by atoms with Crippen LogP contribution < -0.4 is 24.7 Å². The number of ether oxygens (including phenoxy) is 4. The number of carbonyl (C=O) groups excluding carboxylic acids is 1. The molecule has 3 aromatic carbocycles. The summed E-state index contributed by atoms with van der Waals surface area (Å²) in [6.07, 6.45) is 4.39. The van der Waals surface area contributed by atoms with Gasteiger partial charge < -0.3 is 29.1 Å². The molecule has 0 amide bonds. The molecule has 5 rings (SSSR count). The number of fused-ring (bicyclic) bond motifs is 2. The Morgan fingerprint density at radius 2 is 1.90 bits per heavy atom. The topological polar surface area (TPSA) is 117 Å². The van der Waals surface area contributed by atoms with Crippen molar-refractivity contribution in [1.82, 2.24) is 0 Å². The third-order valence-electron chi connectivity index (χ3n) is 7.26. The third-order valence-corrected chi connectivity index (χ3v) is 7.50. The van der Waals surface area contributed by atoms with Crippen molar-refractivity contribution in [2.45, 2.75) is 45.4 Å². The van der Waals surface area contributed by atoms with Gasteiger partial charge in [-0.1, -0.05) is 49.9 Å². The molecule has 0 aliphatic carbocycles. The molecule has 0 spiro atoms. The van der Waals surface area contributed by atoms with E-state index in [1.54, 1.807) is 50.4 Å². The molecule has 0 saturated carbocycles. The molecule has 1 unspecified atom stereocenters. The van der Waals surface area contributed by atoms with Crippen LogP contribution in [0.4, 0.5) is 0 Å². The molecule has 1 aromatic heterocycles. The molecule has 42 heavy (non-hydrogen) atoms. The molecular formula is C33H31ClN2O6. The van der Waals surface area contributed by atoms with Crippen molar-refractivity contribution < 1.29 is 28.2 Å². The lowest BCUT2D eigenvalue weighted by Gasteiger charge is -2.27. The van der Waals surface area contributed by atoms with Gasteiger partial charge in [0.2, 0.25) is 11.6 Å². The van der Waals surface area contributed by atoms with Crippen LogP contribution in [0, 0.1) is 18.3 Å². The van der Waals surface area contributed by atoms with Gasteiger partial charge in [-0.3, -0.25) is 0 Å². The Bertz CT molecular complexity index is 1720. The fourth-order valence-electron chi connectivity index (χ4n) is 5.08. The van der Waals surface area contributed by atoms with Crippen LogP contribution in [-0.2, 0) is 0 Å². The molecule has 8 nitrogen and oxygen atoms in total. The maximum atomic E-state index is 13.0. The van der Waals surface area contributed by atoms with Crippen LogP contribution in [0.25, 0.3) is 11.0 Å². The minimum Gasteiger partial charge on any atom is -0.493 e. The molecular weight excluding hydrogens is 556 g/mol. The van der Waals surface area contributed by atoms with Gasteiger partial charge in [0, 0.05) is 27.6 Å². The van der Waals surface area contributed by atoms with E-state index in [1.165, 1.54) is 6.42 Å². The van der Waals surface area contributed by atoms with Gasteiger partial charge >= 0.3 is 5.97 Å². The summed E-state index contributed by atoms with van der Waals surface area (Å²) in [6, 6.07) is 17.9. The van der Waals surface area contributed by atoms with Crippen molar-refractivity contribution in [3.63, 3.8) is 0 Å². The van der Waals surface area contributed by atoms with Crippen molar-refractivity contribution in [2.75, 3.05) is 13.7 Å². The van der Waals surface area contributed by atoms with Gasteiger partial charge in [-0.25, -0.2) is 4.79 Å². The van der Waals surface area contributed by atoms with E-state index in [4.69, 9.17) is 40.7 Å². The first kappa shape index (κ1) is 28.9. The van der Waals surface area contributed by atoms with Gasteiger partial charge in [0.25, 0.3) is 0 Å². The van der Waals surface area contributed by atoms with E-state index < -0.39 is 11.9 Å². The zero-order chi connectivity index (χ0) is 29.8. The van der Waals surface area contributed by atoms with Crippen LogP contribution >= 0.6 is 11.6 Å². The summed E-state index contributed by atoms with van der Waals surface area (Å²) in [5, 5.41) is 11.2. The number of nitrogens with zero attached hydrogens (tertiary/aromatic N) is 1. The van der Waals surface area contributed by atoms with Gasteiger partial charge in [-0.05, 0) is 55.3 Å². The molecule has 1 atom stereocenters. The lowest BCUT2D eigenvalue weighted by atomic mass is 9.83. The Morgan fingerprint density at radius 1 is 1.07 bits per heavy atom. The lowest BCUT2D eigenvalue weighted by molar-refractivity contribution is 0.0702. The van der Waals surface area contributed by atoms with Crippen molar-refractivity contribution in [2.24, 2.45) is 5.73 Å². The molecule has 2 N–H and O–H groups in total. The number of rotatable bonds is 10. The largest absolute Gasteiger partial charge is 0.493 e. The molecule has 1 aliphatic heterocycles. The van der Waals surface area contributed by atoms with Gasteiger partial charge in [-0.15, -0.1) is 0 Å². The number of unbranched alkanes of at least 4 members (excludes halogenated alkanes) is 3. The van der Waals surface area contributed by atoms with Crippen LogP contribution in [-0.4, -0.2) is 19.7 Å². The average Bonchev–Trinajstić information content (AvgIpc) is 3.31. The van der Waals surface area contributed by atoms with E-state index >= 15 is 0 Å². The number of nitrogens with two attached hydrogens (primary N) is 1. The predicted molar refractivity (Wildman–Crippen MR) is 159 cm³/mol. The number of methoxy groups -OCH3 is 1. The molecule has 9 heteroatoms. The van der Waals surface area contributed by atoms with Crippen LogP contribution in [0.2, 0.25) is 5.02 Å². The fraction of sp³-hybridized carbons (Fsp3) is 0.273. The number of halogens is 1. The second-order valence-electron chi connectivity index (χ2n) is 10.0. The number of hydrogen-bond donors (Lipinski definition) is 1. The number of aryl methyl sites for hydroxylation is 1. The average molecular weight is 587 g/mol. The van der Waals surface area contributed by atoms with Gasteiger partial charge in [0.05, 0.1) is 19.6 Å². The quantitative estimate of drug-likeness (QED) is 0.114. The van der Waals surface area contributed by atoms with Crippen molar-refractivity contribution in [1.29, 1.82) is 5.26 Å². The summed E-state index contributed by atoms with van der Waals surface area (Å²) in [4.78, 5) is 13.0. The van der Waals surface area contributed by atoms with Gasteiger partial charge in [-0.2, -0.15) is 5.26 Å². The number of allylic oxidation sites excluding steroid dienone is 1. The molecule has 0 bridgehead atoms. The summed E-state index contributed by atoms with van der Waals surface area (Å²) in [6.45, 7) is 4.53. The first-order valence-electron chi connectivity index (χ1n) is 13.8. The summed E-state index contributed by atoms with van der Waals surface area (Å²) in [5.74, 6) is 0.638. The Hall–Kier alpha value is -4.61. The fourth-order valence-corrected chi connectivity index (χ4v) is 5.25. The number of carbonyl (C=O) groups is 1. The first-order valence-corrected chi connectivity index (χ1v) is 14.2. The van der Waals surface area contributed by atoms with Crippen LogP contribution in [0.15, 0.2) is 70.5 Å². The summed E-state index contributed by atoms with van der Waals surface area (Å²) >= 11 is 6.11. The Kier molecular flexibility index (Phi) is 8.60. The van der Waals surface area contributed by atoms with E-state index in [-0.39, 0.29) is 23.0 Å². The van der Waals surface area contributed by atoms with Crippen LogP contribution in [0.1, 0.15) is 65.8 Å². The molecule has 2 heterocycles. The van der Waals surface area contributed by atoms with Crippen molar-refractivity contribution in [3.8, 4) is 29.1 Å². The zero-order valence-electron chi connectivity index (χ0n) is 23.7. The summed E-state index contributed by atoms with van der Waals surface area (Å²) < 4.78 is 28.8. The second-order valence-corrected chi connectivity index (χ2v) is 10.5. The Labute approximate surface area is 249 Å². The minimum atomic E-state index is -0.664. The Morgan fingerprint density at radius 3 is 2.67 bits per heavy atom. The molecule has 1 aliphatic rings. The maximum absolute atomic E-state index is 13.0. The van der Waals surface area contributed by atoms with Gasteiger partial charge in [0.1, 0.15) is 28.7 Å². The molecule has 0 saturated heterocycles. The summed E-state index contributed by atoms with van der Waals surface area (Å²) in [5.41, 5.74) is 9.08. The highest BCUT2D eigenvalue weighted by molar-refractivity contribution is 6.31. The minimum absolute atomic E-state index is 0.0290. The van der Waals surface area contributed by atoms with E-state index in [2.05, 4.69) is 13.0 Å². The first-order chi connectivity index (χ1) is 20.3. The monoisotopic (exact) mass is 586 g/mol. The summed E-state index contributed by atoms with van der Waals surface area (Å²) in [7, 11) is 1.58. The zero-order valence-corrected chi connectivity index (χ0v) is 24.4. The predicted octanol–water partition coefficient (Wildman–Crippen LogP) is 7.80. The number of esters is 1. The number of benzene rings is 3. The van der Waals surface area contributed by atoms with E-state index in [9.17, 15) is 10.1 Å². The highest BCUT2D eigenvalue weighted by Crippen LogP contribution is 2.45. The second kappa shape index (κ2) is 12.5. The molecule has 0 radical (unpaired) electrons. The molecule has 4 aromatic rings. The molecule has 0 fully saturated rings. The maximum Gasteiger partial charge on any atom is 0.379 e. The van der Waals surface area contributed by atoms with Crippen LogP contribution in [0.5, 0.6) is 23.0 Å². The normalized spacial score (nSPS) is 14.2. The van der Waals surface area contributed by atoms with Crippen molar-refractivity contribution in [3.05, 3.63) is 93.5 Å². The SMILES string of the molecule is CCCCCCOc1ccc(C2C(C#N)=C(N)Oc3cc(OC(=O)c4oc5ccc(Cl)cc5c4C)ccc32)cc1OC. The van der Waals surface area contributed by atoms with E-state index in [1.807, 2.05) is 18.2 Å². The smallest absolute Gasteiger partial charge is 0.379 e. The number of furan rings is 1. The standard InChI is InChI=1S/C33H31ClN2O6/c1-4-5-6-7-14-39-27-12-8-20(15-29(27)38-3)30-23-11-10-22(17-28(23)42-32(36)25(30)18-35)40-33(37)31-19(2)24-16-21(34)9-13-26(24)41-31/h8-13,15-17,30H,4-7,14,36H2,1-3H3. The lowest BCUT2D eigenvalue weighted by Crippen LogP contribution is -2.21. The number of hydrogen-bond acceptors (Lipinski definition) is 8. The van der Waals surface area contributed by atoms with Gasteiger partial charge in [0.15, 0.2) is 11.5 Å². The molecule has 216 valence electrons. The van der Waals surface area contributed by atoms with E-state index in [0.29, 0.717) is 45.6 Å². The van der Waals surface area contributed by atoms with E-state index in [0.717, 1.165) is 30.2 Å². The third kappa shape index (κ3) is 5.74.